The van der Waals surface area contributed by atoms with E-state index in [1.165, 1.54) is 0 Å². The molecule has 0 unspecified atom stereocenters. The number of rotatable bonds is 6. The normalized spacial score (nSPS) is 16.1. The van der Waals surface area contributed by atoms with Gasteiger partial charge in [-0.05, 0) is 32.9 Å². The molecule has 1 aliphatic rings. The van der Waals surface area contributed by atoms with Crippen LogP contribution in [0.4, 0.5) is 10.6 Å². The largest absolute Gasteiger partial charge is 0.444 e. The number of alkyl carbamates (subject to hydrolysis) is 1. The molecule has 8 heteroatoms. The standard InChI is InChI=1S/C18H29N5O3/c1-18(2,3)26-17(25)20-8-9-22-10-12-23(13-11-22)14-16(24)21-15-6-4-5-7-19-15/h4-7H,8-14H2,1-3H3,(H,20,25)(H,19,21,24). The number of pyridine rings is 1. The molecule has 1 fully saturated rings. The Hall–Kier alpha value is -2.19. The number of ether oxygens (including phenoxy) is 1. The summed E-state index contributed by atoms with van der Waals surface area (Å²) in [7, 11) is 0. The van der Waals surface area contributed by atoms with Gasteiger partial charge in [0.2, 0.25) is 5.91 Å². The van der Waals surface area contributed by atoms with Crippen molar-refractivity contribution in [2.45, 2.75) is 26.4 Å². The zero-order chi connectivity index (χ0) is 19.0. The molecular weight excluding hydrogens is 334 g/mol. The van der Waals surface area contributed by atoms with Gasteiger partial charge in [0.05, 0.1) is 6.54 Å². The molecule has 0 radical (unpaired) electrons. The van der Waals surface area contributed by atoms with Gasteiger partial charge in [0, 0.05) is 45.5 Å². The van der Waals surface area contributed by atoms with E-state index in [-0.39, 0.29) is 12.0 Å². The average molecular weight is 363 g/mol. The summed E-state index contributed by atoms with van der Waals surface area (Å²) in [6.45, 7) is 10.6. The molecule has 1 aromatic rings. The molecule has 2 rings (SSSR count). The van der Waals surface area contributed by atoms with Crippen LogP contribution >= 0.6 is 0 Å². The Morgan fingerprint density at radius 2 is 1.85 bits per heavy atom. The molecule has 0 aromatic carbocycles. The van der Waals surface area contributed by atoms with Gasteiger partial charge in [-0.1, -0.05) is 6.07 Å². The third-order valence-corrected chi connectivity index (χ3v) is 3.86. The molecule has 0 spiro atoms. The molecule has 26 heavy (non-hydrogen) atoms. The maximum absolute atomic E-state index is 12.1. The second-order valence-electron chi connectivity index (χ2n) is 7.31. The molecular formula is C18H29N5O3. The highest BCUT2D eigenvalue weighted by Gasteiger charge is 2.20. The predicted molar refractivity (Wildman–Crippen MR) is 100.0 cm³/mol. The first-order chi connectivity index (χ1) is 12.3. The molecule has 144 valence electrons. The highest BCUT2D eigenvalue weighted by atomic mass is 16.6. The Kier molecular flexibility index (Phi) is 7.35. The van der Waals surface area contributed by atoms with Crippen LogP contribution in [0.5, 0.6) is 0 Å². The Morgan fingerprint density at radius 1 is 1.15 bits per heavy atom. The smallest absolute Gasteiger partial charge is 0.407 e. The van der Waals surface area contributed by atoms with Crippen molar-refractivity contribution in [3.05, 3.63) is 24.4 Å². The van der Waals surface area contributed by atoms with Gasteiger partial charge in [-0.15, -0.1) is 0 Å². The molecule has 1 aromatic heterocycles. The van der Waals surface area contributed by atoms with E-state index in [0.29, 0.717) is 18.9 Å². The summed E-state index contributed by atoms with van der Waals surface area (Å²) in [5, 5.41) is 5.57. The number of carbonyl (C=O) groups excluding carboxylic acids is 2. The zero-order valence-corrected chi connectivity index (χ0v) is 15.8. The molecule has 8 nitrogen and oxygen atoms in total. The van der Waals surface area contributed by atoms with Gasteiger partial charge in [0.25, 0.3) is 0 Å². The fourth-order valence-corrected chi connectivity index (χ4v) is 2.62. The van der Waals surface area contributed by atoms with Crippen molar-refractivity contribution in [3.8, 4) is 0 Å². The van der Waals surface area contributed by atoms with Crippen molar-refractivity contribution in [2.75, 3.05) is 51.1 Å². The molecule has 2 N–H and O–H groups in total. The highest BCUT2D eigenvalue weighted by Crippen LogP contribution is 2.06. The fourth-order valence-electron chi connectivity index (χ4n) is 2.62. The minimum Gasteiger partial charge on any atom is -0.444 e. The van der Waals surface area contributed by atoms with Gasteiger partial charge in [0.1, 0.15) is 11.4 Å². The van der Waals surface area contributed by atoms with Gasteiger partial charge in [-0.2, -0.15) is 0 Å². The van der Waals surface area contributed by atoms with Crippen LogP contribution in [0.1, 0.15) is 20.8 Å². The summed E-state index contributed by atoms with van der Waals surface area (Å²) in [5.74, 6) is 0.521. The Labute approximate surface area is 154 Å². The molecule has 1 aliphatic heterocycles. The topological polar surface area (TPSA) is 86.8 Å². The molecule has 0 aliphatic carbocycles. The van der Waals surface area contributed by atoms with E-state index in [1.54, 1.807) is 12.3 Å². The van der Waals surface area contributed by atoms with Gasteiger partial charge < -0.3 is 15.4 Å². The number of carbonyl (C=O) groups is 2. The molecule has 0 atom stereocenters. The summed E-state index contributed by atoms with van der Waals surface area (Å²) in [6.07, 6.45) is 1.27. The summed E-state index contributed by atoms with van der Waals surface area (Å²) < 4.78 is 5.21. The second-order valence-corrected chi connectivity index (χ2v) is 7.31. The number of nitrogens with zero attached hydrogens (tertiary/aromatic N) is 3. The van der Waals surface area contributed by atoms with E-state index in [4.69, 9.17) is 4.74 Å². The Balaban J connectivity index is 1.60. The third-order valence-electron chi connectivity index (χ3n) is 3.86. The lowest BCUT2D eigenvalue weighted by atomic mass is 10.2. The van der Waals surface area contributed by atoms with Crippen molar-refractivity contribution in [3.63, 3.8) is 0 Å². The Morgan fingerprint density at radius 3 is 2.46 bits per heavy atom. The maximum Gasteiger partial charge on any atom is 0.407 e. The number of hydrogen-bond donors (Lipinski definition) is 2. The number of amides is 2. The molecule has 0 bridgehead atoms. The van der Waals surface area contributed by atoms with Crippen molar-refractivity contribution in [1.82, 2.24) is 20.1 Å². The van der Waals surface area contributed by atoms with Crippen LogP contribution < -0.4 is 10.6 Å². The average Bonchev–Trinajstić information content (AvgIpc) is 2.55. The summed E-state index contributed by atoms with van der Waals surface area (Å²) >= 11 is 0. The second kappa shape index (κ2) is 9.49. The first-order valence-electron chi connectivity index (χ1n) is 8.94. The van der Waals surface area contributed by atoms with Crippen LogP contribution in [0.3, 0.4) is 0 Å². The summed E-state index contributed by atoms with van der Waals surface area (Å²) in [4.78, 5) is 32.1. The van der Waals surface area contributed by atoms with Crippen LogP contribution in [0.15, 0.2) is 24.4 Å². The van der Waals surface area contributed by atoms with Gasteiger partial charge in [0.15, 0.2) is 0 Å². The van der Waals surface area contributed by atoms with Crippen molar-refractivity contribution < 1.29 is 14.3 Å². The minimum atomic E-state index is -0.481. The first-order valence-corrected chi connectivity index (χ1v) is 8.94. The van der Waals surface area contributed by atoms with Crippen LogP contribution in [-0.4, -0.2) is 78.2 Å². The fraction of sp³-hybridized carbons (Fsp3) is 0.611. The number of aromatic nitrogens is 1. The predicted octanol–water partition coefficient (Wildman–Crippen LogP) is 1.16. The quantitative estimate of drug-likeness (QED) is 0.789. The van der Waals surface area contributed by atoms with Crippen LogP contribution in [-0.2, 0) is 9.53 Å². The molecule has 1 saturated heterocycles. The van der Waals surface area contributed by atoms with Crippen molar-refractivity contribution >= 4 is 17.8 Å². The summed E-state index contributed by atoms with van der Waals surface area (Å²) in [6, 6.07) is 5.42. The van der Waals surface area contributed by atoms with Crippen molar-refractivity contribution in [2.24, 2.45) is 0 Å². The third kappa shape index (κ3) is 7.79. The molecule has 2 heterocycles. The number of hydrogen-bond acceptors (Lipinski definition) is 6. The molecule has 2 amide bonds. The molecule has 0 saturated carbocycles. The number of piperazine rings is 1. The van der Waals surface area contributed by atoms with Crippen molar-refractivity contribution in [1.29, 1.82) is 0 Å². The summed E-state index contributed by atoms with van der Waals surface area (Å²) in [5.41, 5.74) is -0.481. The lowest BCUT2D eigenvalue weighted by Gasteiger charge is -2.34. The monoisotopic (exact) mass is 363 g/mol. The van der Waals surface area contributed by atoms with E-state index in [2.05, 4.69) is 25.4 Å². The maximum atomic E-state index is 12.1. The van der Waals surface area contributed by atoms with Crippen LogP contribution in [0.25, 0.3) is 0 Å². The SMILES string of the molecule is CC(C)(C)OC(=O)NCCN1CCN(CC(=O)Nc2ccccn2)CC1. The number of anilines is 1. The first kappa shape index (κ1) is 20.1. The van der Waals surface area contributed by atoms with Gasteiger partial charge >= 0.3 is 6.09 Å². The van der Waals surface area contributed by atoms with E-state index < -0.39 is 5.60 Å². The van der Waals surface area contributed by atoms with E-state index >= 15 is 0 Å². The van der Waals surface area contributed by atoms with Crippen LogP contribution in [0.2, 0.25) is 0 Å². The van der Waals surface area contributed by atoms with E-state index in [1.807, 2.05) is 32.9 Å². The lowest BCUT2D eigenvalue weighted by molar-refractivity contribution is -0.117. The zero-order valence-electron chi connectivity index (χ0n) is 15.8. The van der Waals surface area contributed by atoms with E-state index in [0.717, 1.165) is 32.7 Å². The minimum absolute atomic E-state index is 0.0521. The lowest BCUT2D eigenvalue weighted by Crippen LogP contribution is -2.50. The van der Waals surface area contributed by atoms with Gasteiger partial charge in [-0.25, -0.2) is 9.78 Å². The number of nitrogens with one attached hydrogen (secondary N) is 2. The van der Waals surface area contributed by atoms with E-state index in [9.17, 15) is 9.59 Å². The van der Waals surface area contributed by atoms with Crippen LogP contribution in [0, 0.1) is 0 Å². The highest BCUT2D eigenvalue weighted by molar-refractivity contribution is 5.91. The van der Waals surface area contributed by atoms with Gasteiger partial charge in [-0.3, -0.25) is 14.6 Å². The Bertz CT molecular complexity index is 580.